The molecule has 20 heavy (non-hydrogen) atoms. The summed E-state index contributed by atoms with van der Waals surface area (Å²) in [6.45, 7) is 4.77. The van der Waals surface area contributed by atoms with Gasteiger partial charge in [0.1, 0.15) is 5.75 Å². The number of aromatic nitrogens is 1. The van der Waals surface area contributed by atoms with Gasteiger partial charge in [0.2, 0.25) is 0 Å². The number of aryl methyl sites for hydroxylation is 2. The number of hydrogen-bond acceptors (Lipinski definition) is 2. The summed E-state index contributed by atoms with van der Waals surface area (Å²) in [5, 5.41) is 0. The largest absolute Gasteiger partial charge is 0.497 e. The summed E-state index contributed by atoms with van der Waals surface area (Å²) < 4.78 is 7.07. The molecule has 0 aliphatic carbocycles. The maximum atomic E-state index is 12.1. The smallest absolute Gasteiger partial charge is 0.253 e. The Hall–Kier alpha value is -2.03. The quantitative estimate of drug-likeness (QED) is 0.831. The monoisotopic (exact) mass is 271 g/mol. The molecule has 0 bridgehead atoms. The van der Waals surface area contributed by atoms with Crippen molar-refractivity contribution in [1.82, 2.24) is 4.57 Å². The molecule has 1 aromatic carbocycles. The van der Waals surface area contributed by atoms with E-state index in [-0.39, 0.29) is 5.56 Å². The van der Waals surface area contributed by atoms with Crippen LogP contribution in [0.15, 0.2) is 41.3 Å². The summed E-state index contributed by atoms with van der Waals surface area (Å²) in [5.41, 5.74) is 3.00. The minimum atomic E-state index is 0.102. The summed E-state index contributed by atoms with van der Waals surface area (Å²) in [6.07, 6.45) is 4.04. The Morgan fingerprint density at radius 3 is 2.70 bits per heavy atom. The third kappa shape index (κ3) is 3.10. The highest BCUT2D eigenvalue weighted by molar-refractivity contribution is 5.64. The van der Waals surface area contributed by atoms with Gasteiger partial charge in [-0.2, -0.15) is 0 Å². The van der Waals surface area contributed by atoms with Crippen LogP contribution >= 0.6 is 0 Å². The third-order valence-electron chi connectivity index (χ3n) is 3.42. The molecule has 0 aliphatic rings. The highest BCUT2D eigenvalue weighted by atomic mass is 16.5. The topological polar surface area (TPSA) is 31.2 Å². The van der Waals surface area contributed by atoms with Crippen LogP contribution in [-0.2, 0) is 6.54 Å². The van der Waals surface area contributed by atoms with Crippen molar-refractivity contribution in [3.63, 3.8) is 0 Å². The van der Waals surface area contributed by atoms with E-state index in [4.69, 9.17) is 4.74 Å². The van der Waals surface area contributed by atoms with Crippen molar-refractivity contribution in [2.75, 3.05) is 7.11 Å². The molecule has 0 aliphatic heterocycles. The lowest BCUT2D eigenvalue weighted by Gasteiger charge is -2.11. The van der Waals surface area contributed by atoms with Gasteiger partial charge >= 0.3 is 0 Å². The molecule has 2 rings (SSSR count). The van der Waals surface area contributed by atoms with E-state index in [9.17, 15) is 4.79 Å². The zero-order valence-electron chi connectivity index (χ0n) is 12.3. The molecule has 1 heterocycles. The molecular formula is C17H21NO2. The number of hydrogen-bond donors (Lipinski definition) is 0. The van der Waals surface area contributed by atoms with E-state index in [0.29, 0.717) is 0 Å². The first-order valence-corrected chi connectivity index (χ1v) is 7.01. The lowest BCUT2D eigenvalue weighted by Crippen LogP contribution is -2.21. The molecular weight excluding hydrogens is 250 g/mol. The van der Waals surface area contributed by atoms with E-state index in [2.05, 4.69) is 6.92 Å². The number of pyridine rings is 1. The predicted octanol–water partition coefficient (Wildman–Crippen LogP) is 3.63. The number of benzene rings is 1. The molecule has 0 unspecified atom stereocenters. The number of ether oxygens (including phenoxy) is 1. The highest BCUT2D eigenvalue weighted by Gasteiger charge is 2.06. The molecule has 0 fully saturated rings. The van der Waals surface area contributed by atoms with Crippen molar-refractivity contribution in [3.8, 4) is 16.9 Å². The highest BCUT2D eigenvalue weighted by Crippen LogP contribution is 2.23. The zero-order valence-corrected chi connectivity index (χ0v) is 12.3. The van der Waals surface area contributed by atoms with Crippen LogP contribution in [0, 0.1) is 6.92 Å². The van der Waals surface area contributed by atoms with Crippen molar-refractivity contribution < 1.29 is 4.74 Å². The molecule has 2 aromatic rings. The van der Waals surface area contributed by atoms with Crippen LogP contribution in [0.25, 0.3) is 11.1 Å². The van der Waals surface area contributed by atoms with Gasteiger partial charge in [0, 0.05) is 18.3 Å². The van der Waals surface area contributed by atoms with Crippen LogP contribution in [0.2, 0.25) is 0 Å². The number of nitrogens with zero attached hydrogens (tertiary/aromatic N) is 1. The van der Waals surface area contributed by atoms with Crippen molar-refractivity contribution >= 4 is 0 Å². The van der Waals surface area contributed by atoms with Gasteiger partial charge in [-0.3, -0.25) is 4.79 Å². The molecule has 0 spiro atoms. The first-order chi connectivity index (χ1) is 9.65. The van der Waals surface area contributed by atoms with Crippen molar-refractivity contribution in [3.05, 3.63) is 52.4 Å². The van der Waals surface area contributed by atoms with Gasteiger partial charge < -0.3 is 9.30 Å². The van der Waals surface area contributed by atoms with Gasteiger partial charge in [-0.05, 0) is 42.7 Å². The molecule has 3 heteroatoms. The van der Waals surface area contributed by atoms with Crippen molar-refractivity contribution in [2.45, 2.75) is 33.2 Å². The fourth-order valence-electron chi connectivity index (χ4n) is 2.24. The fraction of sp³-hybridized carbons (Fsp3) is 0.353. The standard InChI is InChI=1S/C17H21NO2/c1-4-5-9-18-12-15(10-13(2)17(18)19)14-7-6-8-16(11-14)20-3/h6-8,10-12H,4-5,9H2,1-3H3. The molecule has 0 radical (unpaired) electrons. The molecule has 106 valence electrons. The van der Waals surface area contributed by atoms with Crippen LogP contribution in [-0.4, -0.2) is 11.7 Å². The Labute approximate surface area is 119 Å². The summed E-state index contributed by atoms with van der Waals surface area (Å²) in [5.74, 6) is 0.825. The normalized spacial score (nSPS) is 10.6. The SMILES string of the molecule is CCCCn1cc(-c2cccc(OC)c2)cc(C)c1=O. The van der Waals surface area contributed by atoms with Crippen molar-refractivity contribution in [1.29, 1.82) is 0 Å². The van der Waals surface area contributed by atoms with E-state index >= 15 is 0 Å². The Morgan fingerprint density at radius 1 is 1.20 bits per heavy atom. The minimum absolute atomic E-state index is 0.102. The average Bonchev–Trinajstić information content (AvgIpc) is 2.48. The first-order valence-electron chi connectivity index (χ1n) is 7.01. The van der Waals surface area contributed by atoms with E-state index in [1.165, 1.54) is 0 Å². The molecule has 0 saturated heterocycles. The van der Waals surface area contributed by atoms with Gasteiger partial charge in [0.15, 0.2) is 0 Å². The molecule has 0 atom stereocenters. The molecule has 0 N–H and O–H groups in total. The van der Waals surface area contributed by atoms with Crippen LogP contribution in [0.3, 0.4) is 0 Å². The third-order valence-corrected chi connectivity index (χ3v) is 3.42. The number of rotatable bonds is 5. The van der Waals surface area contributed by atoms with E-state index in [1.807, 2.05) is 48.0 Å². The van der Waals surface area contributed by atoms with Crippen LogP contribution in [0.1, 0.15) is 25.3 Å². The lowest BCUT2D eigenvalue weighted by atomic mass is 10.1. The van der Waals surface area contributed by atoms with Gasteiger partial charge in [-0.15, -0.1) is 0 Å². The van der Waals surface area contributed by atoms with Gasteiger partial charge in [-0.25, -0.2) is 0 Å². The summed E-state index contributed by atoms with van der Waals surface area (Å²) in [7, 11) is 1.66. The predicted molar refractivity (Wildman–Crippen MR) is 82.3 cm³/mol. The number of methoxy groups -OCH3 is 1. The summed E-state index contributed by atoms with van der Waals surface area (Å²) >= 11 is 0. The van der Waals surface area contributed by atoms with Crippen LogP contribution in [0.5, 0.6) is 5.75 Å². The lowest BCUT2D eigenvalue weighted by molar-refractivity contribution is 0.415. The maximum Gasteiger partial charge on any atom is 0.253 e. The summed E-state index contributed by atoms with van der Waals surface area (Å²) in [6, 6.07) is 9.85. The van der Waals surface area contributed by atoms with Gasteiger partial charge in [-0.1, -0.05) is 25.5 Å². The Kier molecular flexibility index (Phi) is 4.61. The average molecular weight is 271 g/mol. The van der Waals surface area contributed by atoms with E-state index in [1.54, 1.807) is 7.11 Å². The molecule has 1 aromatic heterocycles. The second-order valence-electron chi connectivity index (χ2n) is 5.00. The maximum absolute atomic E-state index is 12.1. The second kappa shape index (κ2) is 6.42. The second-order valence-corrected chi connectivity index (χ2v) is 5.00. The number of unbranched alkanes of at least 4 members (excludes halogenated alkanes) is 1. The van der Waals surface area contributed by atoms with Gasteiger partial charge in [0.05, 0.1) is 7.11 Å². The Bertz CT molecular complexity index is 644. The molecule has 0 amide bonds. The van der Waals surface area contributed by atoms with E-state index < -0.39 is 0 Å². The fourth-order valence-corrected chi connectivity index (χ4v) is 2.24. The Morgan fingerprint density at radius 2 is 2.00 bits per heavy atom. The Balaban J connectivity index is 2.45. The van der Waals surface area contributed by atoms with Crippen molar-refractivity contribution in [2.24, 2.45) is 0 Å². The molecule has 0 saturated carbocycles. The minimum Gasteiger partial charge on any atom is -0.497 e. The van der Waals surface area contributed by atoms with Crippen LogP contribution < -0.4 is 10.3 Å². The first kappa shape index (κ1) is 14.4. The summed E-state index contributed by atoms with van der Waals surface area (Å²) in [4.78, 5) is 12.1. The van der Waals surface area contributed by atoms with E-state index in [0.717, 1.165) is 41.8 Å². The zero-order chi connectivity index (χ0) is 14.5. The van der Waals surface area contributed by atoms with Gasteiger partial charge in [0.25, 0.3) is 5.56 Å². The van der Waals surface area contributed by atoms with Crippen LogP contribution in [0.4, 0.5) is 0 Å². The molecule has 3 nitrogen and oxygen atoms in total.